The number of rotatable bonds is 2. The van der Waals surface area contributed by atoms with Crippen LogP contribution in [0.5, 0.6) is 0 Å². The number of halogens is 1. The van der Waals surface area contributed by atoms with Gasteiger partial charge in [0.2, 0.25) is 0 Å². The fourth-order valence-corrected chi connectivity index (χ4v) is 5.53. The van der Waals surface area contributed by atoms with Crippen LogP contribution < -0.4 is 5.32 Å². The van der Waals surface area contributed by atoms with Gasteiger partial charge in [0.05, 0.1) is 0 Å². The molecule has 4 rings (SSSR count). The third-order valence-electron chi connectivity index (χ3n) is 6.46. The van der Waals surface area contributed by atoms with Crippen LogP contribution in [0.3, 0.4) is 0 Å². The van der Waals surface area contributed by atoms with Crippen molar-refractivity contribution in [2.45, 2.75) is 58.3 Å². The number of aryl methyl sites for hydroxylation is 1. The third-order valence-corrected chi connectivity index (χ3v) is 7.78. The zero-order valence-electron chi connectivity index (χ0n) is 17.6. The molecule has 2 aromatic rings. The van der Waals surface area contributed by atoms with Gasteiger partial charge in [0.25, 0.3) is 0 Å². The Labute approximate surface area is 179 Å². The van der Waals surface area contributed by atoms with Crippen molar-refractivity contribution in [1.82, 2.24) is 5.32 Å². The van der Waals surface area contributed by atoms with Gasteiger partial charge < -0.3 is 5.32 Å². The molecule has 1 aliphatic carbocycles. The van der Waals surface area contributed by atoms with Gasteiger partial charge in [-0.05, 0) is 82.7 Å². The minimum absolute atomic E-state index is 0.200. The summed E-state index contributed by atoms with van der Waals surface area (Å²) in [5.74, 6) is 1.00. The van der Waals surface area contributed by atoms with Crippen LogP contribution in [0.4, 0.5) is 0 Å². The highest BCUT2D eigenvalue weighted by Crippen LogP contribution is 2.48. The molecular formula is C25H30ClNS. The lowest BCUT2D eigenvalue weighted by molar-refractivity contribution is 0.332. The van der Waals surface area contributed by atoms with Crippen LogP contribution in [0.1, 0.15) is 62.8 Å². The normalized spacial score (nSPS) is 21.7. The SMILES string of the molecule is Cc1cc2c(cc1-c1cc(C=C3CNCS3)ccc1Cl)C(C)(C)CCC2(C)C. The molecule has 1 aliphatic heterocycles. The molecule has 1 heterocycles. The fourth-order valence-electron chi connectivity index (χ4n) is 4.50. The maximum absolute atomic E-state index is 6.69. The van der Waals surface area contributed by atoms with E-state index in [1.165, 1.54) is 45.6 Å². The first-order valence-electron chi connectivity index (χ1n) is 10.2. The predicted molar refractivity (Wildman–Crippen MR) is 125 cm³/mol. The van der Waals surface area contributed by atoms with E-state index in [1.54, 1.807) is 0 Å². The fraction of sp³-hybridized carbons (Fsp3) is 0.440. The van der Waals surface area contributed by atoms with E-state index in [0.717, 1.165) is 23.0 Å². The summed E-state index contributed by atoms with van der Waals surface area (Å²) >= 11 is 8.57. The van der Waals surface area contributed by atoms with Gasteiger partial charge in [-0.25, -0.2) is 0 Å². The molecule has 28 heavy (non-hydrogen) atoms. The summed E-state index contributed by atoms with van der Waals surface area (Å²) in [7, 11) is 0. The molecule has 148 valence electrons. The molecule has 0 aromatic heterocycles. The first-order chi connectivity index (χ1) is 13.2. The standard InChI is InChI=1S/C25H30ClNS/c1-16-10-21-22(25(4,5)9-8-24(21,2)3)13-19(16)20-12-17(6-7-23(20)26)11-18-14-27-15-28-18/h6-7,10-13,27H,8-9,14-15H2,1-5H3. The molecule has 2 aliphatic rings. The Morgan fingerprint density at radius 2 is 1.64 bits per heavy atom. The first kappa shape index (κ1) is 20.1. The predicted octanol–water partition coefficient (Wildman–Crippen LogP) is 7.30. The van der Waals surface area contributed by atoms with Crippen molar-refractivity contribution in [1.29, 1.82) is 0 Å². The van der Waals surface area contributed by atoms with E-state index in [-0.39, 0.29) is 10.8 Å². The lowest BCUT2D eigenvalue weighted by atomic mass is 9.62. The van der Waals surface area contributed by atoms with Crippen LogP contribution in [0.2, 0.25) is 5.02 Å². The highest BCUT2D eigenvalue weighted by atomic mass is 35.5. The van der Waals surface area contributed by atoms with E-state index in [1.807, 2.05) is 17.8 Å². The lowest BCUT2D eigenvalue weighted by Crippen LogP contribution is -2.34. The molecular weight excluding hydrogens is 382 g/mol. The maximum atomic E-state index is 6.69. The average Bonchev–Trinajstić information content (AvgIpc) is 3.14. The van der Waals surface area contributed by atoms with E-state index in [0.29, 0.717) is 0 Å². The number of fused-ring (bicyclic) bond motifs is 1. The zero-order chi connectivity index (χ0) is 20.1. The summed E-state index contributed by atoms with van der Waals surface area (Å²) in [6, 6.07) is 11.3. The van der Waals surface area contributed by atoms with E-state index < -0.39 is 0 Å². The van der Waals surface area contributed by atoms with Gasteiger partial charge in [-0.1, -0.05) is 51.4 Å². The van der Waals surface area contributed by atoms with Crippen LogP contribution in [-0.4, -0.2) is 12.4 Å². The van der Waals surface area contributed by atoms with Gasteiger partial charge in [0.1, 0.15) is 0 Å². The average molecular weight is 412 g/mol. The monoisotopic (exact) mass is 411 g/mol. The number of hydrogen-bond acceptors (Lipinski definition) is 2. The molecule has 3 heteroatoms. The van der Waals surface area contributed by atoms with Crippen LogP contribution in [-0.2, 0) is 10.8 Å². The Balaban J connectivity index is 1.85. The van der Waals surface area contributed by atoms with Gasteiger partial charge in [-0.3, -0.25) is 0 Å². The molecule has 1 fully saturated rings. The van der Waals surface area contributed by atoms with Crippen LogP contribution in [0.15, 0.2) is 35.2 Å². The van der Waals surface area contributed by atoms with Crippen LogP contribution >= 0.6 is 23.4 Å². The minimum Gasteiger partial charge on any atom is -0.303 e. The minimum atomic E-state index is 0.200. The lowest BCUT2D eigenvalue weighted by Gasteiger charge is -2.42. The van der Waals surface area contributed by atoms with Gasteiger partial charge in [0.15, 0.2) is 0 Å². The van der Waals surface area contributed by atoms with Crippen molar-refractivity contribution in [2.75, 3.05) is 12.4 Å². The topological polar surface area (TPSA) is 12.0 Å². The van der Waals surface area contributed by atoms with Crippen molar-refractivity contribution >= 4 is 29.4 Å². The second kappa shape index (κ2) is 7.23. The molecule has 0 bridgehead atoms. The van der Waals surface area contributed by atoms with Crippen molar-refractivity contribution in [3.05, 3.63) is 62.5 Å². The Bertz CT molecular complexity index is 947. The molecule has 0 radical (unpaired) electrons. The van der Waals surface area contributed by atoms with E-state index in [2.05, 4.69) is 70.3 Å². The van der Waals surface area contributed by atoms with Crippen molar-refractivity contribution < 1.29 is 0 Å². The summed E-state index contributed by atoms with van der Waals surface area (Å²) in [5, 5.41) is 4.21. The maximum Gasteiger partial charge on any atom is 0.0484 e. The van der Waals surface area contributed by atoms with E-state index >= 15 is 0 Å². The smallest absolute Gasteiger partial charge is 0.0484 e. The highest BCUT2D eigenvalue weighted by molar-refractivity contribution is 8.03. The number of thioether (sulfide) groups is 1. The van der Waals surface area contributed by atoms with Crippen molar-refractivity contribution in [2.24, 2.45) is 0 Å². The van der Waals surface area contributed by atoms with Gasteiger partial charge in [-0.2, -0.15) is 0 Å². The van der Waals surface area contributed by atoms with Crippen LogP contribution in [0, 0.1) is 6.92 Å². The second-order valence-corrected chi connectivity index (χ2v) is 11.1. The van der Waals surface area contributed by atoms with Gasteiger partial charge in [0, 0.05) is 27.9 Å². The van der Waals surface area contributed by atoms with Gasteiger partial charge >= 0.3 is 0 Å². The Morgan fingerprint density at radius 3 is 2.29 bits per heavy atom. The summed E-state index contributed by atoms with van der Waals surface area (Å²) in [4.78, 5) is 1.39. The molecule has 1 nitrogen and oxygen atoms in total. The molecule has 0 atom stereocenters. The van der Waals surface area contributed by atoms with Crippen molar-refractivity contribution in [3.8, 4) is 11.1 Å². The summed E-state index contributed by atoms with van der Waals surface area (Å²) in [5.41, 5.74) is 8.38. The Hall–Kier alpha value is -1.22. The van der Waals surface area contributed by atoms with Gasteiger partial charge in [-0.15, -0.1) is 11.8 Å². The number of benzene rings is 2. The zero-order valence-corrected chi connectivity index (χ0v) is 19.2. The van der Waals surface area contributed by atoms with Crippen LogP contribution in [0.25, 0.3) is 17.2 Å². The second-order valence-electron chi connectivity index (χ2n) is 9.55. The highest BCUT2D eigenvalue weighted by Gasteiger charge is 2.37. The summed E-state index contributed by atoms with van der Waals surface area (Å²) in [6.45, 7) is 12.7. The molecule has 0 amide bonds. The first-order valence-corrected chi connectivity index (χ1v) is 11.5. The third kappa shape index (κ3) is 3.67. The number of nitrogens with one attached hydrogen (secondary N) is 1. The Morgan fingerprint density at radius 1 is 0.964 bits per heavy atom. The molecule has 0 unspecified atom stereocenters. The molecule has 2 aromatic carbocycles. The van der Waals surface area contributed by atoms with Crippen molar-refractivity contribution in [3.63, 3.8) is 0 Å². The summed E-state index contributed by atoms with van der Waals surface area (Å²) in [6.07, 6.45) is 4.74. The molecule has 1 saturated heterocycles. The number of hydrogen-bond donors (Lipinski definition) is 1. The largest absolute Gasteiger partial charge is 0.303 e. The molecule has 0 spiro atoms. The summed E-state index contributed by atoms with van der Waals surface area (Å²) < 4.78 is 0. The molecule has 0 saturated carbocycles. The molecule has 1 N–H and O–H groups in total. The van der Waals surface area contributed by atoms with E-state index in [9.17, 15) is 0 Å². The quantitative estimate of drug-likeness (QED) is 0.556. The Kier molecular flexibility index (Phi) is 5.18. The van der Waals surface area contributed by atoms with E-state index in [4.69, 9.17) is 11.6 Å².